The summed E-state index contributed by atoms with van der Waals surface area (Å²) in [5.41, 5.74) is 1.51. The number of amides is 2. The lowest BCUT2D eigenvalue weighted by Crippen LogP contribution is -2.53. The third kappa shape index (κ3) is 8.01. The Morgan fingerprint density at radius 1 is 1.00 bits per heavy atom. The van der Waals surface area contributed by atoms with Crippen molar-refractivity contribution in [3.63, 3.8) is 0 Å². The maximum Gasteiger partial charge on any atom is 0.264 e. The molecule has 0 unspecified atom stereocenters. The Bertz CT molecular complexity index is 1480. The summed E-state index contributed by atoms with van der Waals surface area (Å²) in [6.45, 7) is 6.70. The molecule has 0 radical (unpaired) electrons. The number of halogens is 2. The normalized spacial score (nSPS) is 12.7. The van der Waals surface area contributed by atoms with Gasteiger partial charge in [-0.3, -0.25) is 13.9 Å². The Balaban J connectivity index is 2.12. The molecule has 2 atom stereocenters. The van der Waals surface area contributed by atoms with Gasteiger partial charge in [0.2, 0.25) is 11.8 Å². The molecular formula is C31H37ClFN3O5S. The van der Waals surface area contributed by atoms with Gasteiger partial charge in [-0.25, -0.2) is 12.8 Å². The standard InChI is InChI=1S/C31H37ClFN3O5S/c1-6-22(4)34-31(38)27(7-2)35(19-23-10-13-25(33)14-11-23)30(37)20-36(28-18-24(32)12-17-29(28)41-5)42(39,40)26-15-8-21(3)9-16-26/h8-18,22,27H,6-7,19-20H2,1-5H3,(H,34,38)/t22-,27+/m1/s1. The maximum atomic E-state index is 14.2. The second-order valence-corrected chi connectivity index (χ2v) is 12.3. The molecule has 0 saturated heterocycles. The van der Waals surface area contributed by atoms with Crippen LogP contribution >= 0.6 is 11.6 Å². The molecule has 3 aromatic carbocycles. The first-order valence-corrected chi connectivity index (χ1v) is 15.5. The monoisotopic (exact) mass is 617 g/mol. The van der Waals surface area contributed by atoms with E-state index in [9.17, 15) is 22.4 Å². The van der Waals surface area contributed by atoms with E-state index in [0.717, 1.165) is 9.87 Å². The zero-order valence-corrected chi connectivity index (χ0v) is 26.0. The van der Waals surface area contributed by atoms with E-state index in [4.69, 9.17) is 16.3 Å². The van der Waals surface area contributed by atoms with Gasteiger partial charge in [0.15, 0.2) is 0 Å². The van der Waals surface area contributed by atoms with Crippen molar-refractivity contribution in [2.24, 2.45) is 0 Å². The summed E-state index contributed by atoms with van der Waals surface area (Å²) >= 11 is 6.27. The quantitative estimate of drug-likeness (QED) is 0.265. The van der Waals surface area contributed by atoms with Gasteiger partial charge in [-0.2, -0.15) is 0 Å². The van der Waals surface area contributed by atoms with Gasteiger partial charge in [0.1, 0.15) is 24.2 Å². The van der Waals surface area contributed by atoms with Crippen molar-refractivity contribution in [1.29, 1.82) is 0 Å². The van der Waals surface area contributed by atoms with E-state index in [-0.39, 0.29) is 46.3 Å². The number of rotatable bonds is 13. The summed E-state index contributed by atoms with van der Waals surface area (Å²) in [5.74, 6) is -1.25. The number of carbonyl (C=O) groups is 2. The highest BCUT2D eigenvalue weighted by Gasteiger charge is 2.35. The Morgan fingerprint density at radius 3 is 2.21 bits per heavy atom. The van der Waals surface area contributed by atoms with E-state index in [1.807, 2.05) is 20.8 Å². The maximum absolute atomic E-state index is 14.2. The number of ether oxygens (including phenoxy) is 1. The van der Waals surface area contributed by atoms with Crippen molar-refractivity contribution in [3.05, 3.63) is 88.7 Å². The number of nitrogens with zero attached hydrogens (tertiary/aromatic N) is 2. The van der Waals surface area contributed by atoms with Crippen LogP contribution in [-0.2, 0) is 26.2 Å². The predicted octanol–water partition coefficient (Wildman–Crippen LogP) is 5.71. The van der Waals surface area contributed by atoms with Crippen molar-refractivity contribution < 1.29 is 27.1 Å². The van der Waals surface area contributed by atoms with E-state index in [2.05, 4.69) is 5.32 Å². The number of hydrogen-bond acceptors (Lipinski definition) is 5. The molecule has 8 nitrogen and oxygen atoms in total. The largest absolute Gasteiger partial charge is 0.495 e. The lowest BCUT2D eigenvalue weighted by Gasteiger charge is -2.34. The average Bonchev–Trinajstić information content (AvgIpc) is 2.96. The summed E-state index contributed by atoms with van der Waals surface area (Å²) in [7, 11) is -2.92. The topological polar surface area (TPSA) is 96.0 Å². The number of methoxy groups -OCH3 is 1. The van der Waals surface area contributed by atoms with E-state index < -0.39 is 34.3 Å². The molecule has 1 N–H and O–H groups in total. The van der Waals surface area contributed by atoms with Crippen LogP contribution in [0.4, 0.5) is 10.1 Å². The third-order valence-electron chi connectivity index (χ3n) is 6.95. The first kappa shape index (κ1) is 32.9. The molecule has 0 aliphatic heterocycles. The van der Waals surface area contributed by atoms with E-state index in [0.29, 0.717) is 12.0 Å². The van der Waals surface area contributed by atoms with Crippen LogP contribution in [0, 0.1) is 12.7 Å². The Morgan fingerprint density at radius 2 is 1.64 bits per heavy atom. The molecule has 0 heterocycles. The second kappa shape index (κ2) is 14.5. The van der Waals surface area contributed by atoms with Gasteiger partial charge in [-0.15, -0.1) is 0 Å². The smallest absolute Gasteiger partial charge is 0.264 e. The zero-order chi connectivity index (χ0) is 31.0. The fourth-order valence-corrected chi connectivity index (χ4v) is 5.94. The summed E-state index contributed by atoms with van der Waals surface area (Å²) in [6, 6.07) is 15.3. The van der Waals surface area contributed by atoms with Gasteiger partial charge in [-0.05, 0) is 74.7 Å². The predicted molar refractivity (Wildman–Crippen MR) is 163 cm³/mol. The molecule has 11 heteroatoms. The van der Waals surface area contributed by atoms with Gasteiger partial charge < -0.3 is 15.0 Å². The van der Waals surface area contributed by atoms with Crippen molar-refractivity contribution in [2.75, 3.05) is 18.0 Å². The SMILES string of the molecule is CC[C@@H](C)NC(=O)[C@H](CC)N(Cc1ccc(F)cc1)C(=O)CN(c1cc(Cl)ccc1OC)S(=O)(=O)c1ccc(C)cc1. The minimum Gasteiger partial charge on any atom is -0.495 e. The van der Waals surface area contributed by atoms with Crippen LogP contribution in [0.1, 0.15) is 44.7 Å². The number of nitrogens with one attached hydrogen (secondary N) is 1. The summed E-state index contributed by atoms with van der Waals surface area (Å²) in [4.78, 5) is 28.8. The number of sulfonamides is 1. The van der Waals surface area contributed by atoms with Crippen LogP contribution in [-0.4, -0.2) is 50.9 Å². The molecule has 0 aliphatic carbocycles. The fourth-order valence-electron chi connectivity index (χ4n) is 4.36. The molecule has 0 bridgehead atoms. The summed E-state index contributed by atoms with van der Waals surface area (Å²) in [6.07, 6.45) is 0.950. The molecule has 0 aliphatic rings. The number of anilines is 1. The van der Waals surface area contributed by atoms with Crippen molar-refractivity contribution >= 4 is 39.1 Å². The van der Waals surface area contributed by atoms with Crippen LogP contribution in [0.25, 0.3) is 0 Å². The third-order valence-corrected chi connectivity index (χ3v) is 8.96. The first-order chi connectivity index (χ1) is 19.9. The molecule has 3 rings (SSSR count). The van der Waals surface area contributed by atoms with Crippen molar-refractivity contribution in [1.82, 2.24) is 10.2 Å². The molecule has 0 fully saturated rings. The van der Waals surface area contributed by atoms with E-state index in [1.165, 1.54) is 60.5 Å². The lowest BCUT2D eigenvalue weighted by atomic mass is 10.1. The van der Waals surface area contributed by atoms with Crippen LogP contribution in [0.3, 0.4) is 0 Å². The van der Waals surface area contributed by atoms with Crippen molar-refractivity contribution in [2.45, 2.75) is 64.1 Å². The summed E-state index contributed by atoms with van der Waals surface area (Å²) < 4.78 is 48.2. The highest BCUT2D eigenvalue weighted by molar-refractivity contribution is 7.92. The van der Waals surface area contributed by atoms with Crippen LogP contribution in [0.5, 0.6) is 5.75 Å². The Kier molecular flexibility index (Phi) is 11.4. The van der Waals surface area contributed by atoms with Gasteiger partial charge in [-0.1, -0.05) is 55.3 Å². The van der Waals surface area contributed by atoms with Crippen molar-refractivity contribution in [3.8, 4) is 5.75 Å². The first-order valence-electron chi connectivity index (χ1n) is 13.7. The van der Waals surface area contributed by atoms with E-state index in [1.54, 1.807) is 25.1 Å². The number of hydrogen-bond donors (Lipinski definition) is 1. The van der Waals surface area contributed by atoms with Gasteiger partial charge >= 0.3 is 0 Å². The Hall–Kier alpha value is -3.63. The molecule has 2 amide bonds. The summed E-state index contributed by atoms with van der Waals surface area (Å²) in [5, 5.41) is 3.16. The molecule has 0 saturated carbocycles. The van der Waals surface area contributed by atoms with Crippen LogP contribution in [0.2, 0.25) is 5.02 Å². The van der Waals surface area contributed by atoms with Gasteiger partial charge in [0.25, 0.3) is 10.0 Å². The number of aryl methyl sites for hydroxylation is 1. The molecule has 226 valence electrons. The van der Waals surface area contributed by atoms with Gasteiger partial charge in [0, 0.05) is 17.6 Å². The van der Waals surface area contributed by atoms with Crippen LogP contribution < -0.4 is 14.4 Å². The van der Waals surface area contributed by atoms with E-state index >= 15 is 0 Å². The minimum atomic E-state index is -4.31. The molecule has 0 aromatic heterocycles. The minimum absolute atomic E-state index is 0.0328. The number of carbonyl (C=O) groups excluding carboxylic acids is 2. The molecule has 42 heavy (non-hydrogen) atoms. The van der Waals surface area contributed by atoms with Gasteiger partial charge in [0.05, 0.1) is 17.7 Å². The second-order valence-electron chi connectivity index (χ2n) is 10.0. The zero-order valence-electron chi connectivity index (χ0n) is 24.4. The highest BCUT2D eigenvalue weighted by Crippen LogP contribution is 2.35. The molecular weight excluding hydrogens is 581 g/mol. The molecule has 3 aromatic rings. The average molecular weight is 618 g/mol. The number of benzene rings is 3. The lowest BCUT2D eigenvalue weighted by molar-refractivity contribution is -0.140. The molecule has 0 spiro atoms. The Labute approximate surface area is 252 Å². The fraction of sp³-hybridized carbons (Fsp3) is 0.355. The van der Waals surface area contributed by atoms with Crippen LogP contribution in [0.15, 0.2) is 71.6 Å². The highest BCUT2D eigenvalue weighted by atomic mass is 35.5.